The molecule has 126 valence electrons. The first kappa shape index (κ1) is 16.8. The van der Waals surface area contributed by atoms with Gasteiger partial charge in [0.1, 0.15) is 5.75 Å². The maximum absolute atomic E-state index is 12.6. The topological polar surface area (TPSA) is 86.7 Å². The molecule has 0 unspecified atom stereocenters. The van der Waals surface area contributed by atoms with Crippen LogP contribution < -0.4 is 10.2 Å². The Morgan fingerprint density at radius 2 is 1.88 bits per heavy atom. The Morgan fingerprint density at radius 1 is 1.16 bits per heavy atom. The molecule has 2 aromatic rings. The van der Waals surface area contributed by atoms with Crippen LogP contribution in [0, 0.1) is 0 Å². The lowest BCUT2D eigenvalue weighted by Crippen LogP contribution is -2.27. The van der Waals surface area contributed by atoms with Gasteiger partial charge in [0.05, 0.1) is 10.6 Å². The van der Waals surface area contributed by atoms with Crippen molar-refractivity contribution in [3.8, 4) is 5.75 Å². The molecule has 1 aliphatic heterocycles. The Morgan fingerprint density at radius 3 is 2.52 bits per heavy atom. The van der Waals surface area contributed by atoms with Crippen molar-refractivity contribution >= 4 is 46.3 Å². The monoisotopic (exact) mass is 354 g/mol. The summed E-state index contributed by atoms with van der Waals surface area (Å²) in [6, 6.07) is 12.9. The van der Waals surface area contributed by atoms with Crippen LogP contribution in [-0.4, -0.2) is 22.2 Å². The zero-order valence-corrected chi connectivity index (χ0v) is 14.0. The van der Waals surface area contributed by atoms with Gasteiger partial charge in [-0.05, 0) is 59.8 Å². The summed E-state index contributed by atoms with van der Waals surface area (Å²) >= 11 is 0.839. The van der Waals surface area contributed by atoms with Gasteiger partial charge in [-0.15, -0.1) is 0 Å². The number of hydrogen-bond donors (Lipinski definition) is 2. The minimum absolute atomic E-state index is 0.0848. The molecule has 2 aromatic carbocycles. The van der Waals surface area contributed by atoms with Gasteiger partial charge in [0.25, 0.3) is 11.1 Å². The second-order valence-corrected chi connectivity index (χ2v) is 6.33. The average molecular weight is 354 g/mol. The summed E-state index contributed by atoms with van der Waals surface area (Å²) in [7, 11) is 0. The first-order chi connectivity index (χ1) is 11.9. The molecule has 25 heavy (non-hydrogen) atoms. The van der Waals surface area contributed by atoms with E-state index in [-0.39, 0.29) is 16.6 Å². The van der Waals surface area contributed by atoms with Crippen LogP contribution in [0.5, 0.6) is 5.75 Å². The highest BCUT2D eigenvalue weighted by atomic mass is 32.2. The van der Waals surface area contributed by atoms with Gasteiger partial charge < -0.3 is 10.4 Å². The molecule has 0 atom stereocenters. The number of anilines is 2. The van der Waals surface area contributed by atoms with Gasteiger partial charge in [-0.25, -0.2) is 4.90 Å². The van der Waals surface area contributed by atoms with E-state index in [2.05, 4.69) is 5.32 Å². The molecule has 7 heteroatoms. The first-order valence-corrected chi connectivity index (χ1v) is 8.20. The van der Waals surface area contributed by atoms with E-state index in [1.54, 1.807) is 42.5 Å². The van der Waals surface area contributed by atoms with Crippen molar-refractivity contribution < 1.29 is 19.5 Å². The molecule has 1 saturated heterocycles. The fraction of sp³-hybridized carbons (Fsp3) is 0.0556. The molecule has 0 bridgehead atoms. The third-order valence-corrected chi connectivity index (χ3v) is 4.28. The van der Waals surface area contributed by atoms with Crippen LogP contribution in [0.25, 0.3) is 6.08 Å². The molecule has 3 rings (SSSR count). The Kier molecular flexibility index (Phi) is 4.58. The zero-order chi connectivity index (χ0) is 18.0. The number of carbonyl (C=O) groups is 3. The summed E-state index contributed by atoms with van der Waals surface area (Å²) in [5, 5.41) is 11.7. The number of carbonyl (C=O) groups excluding carboxylic acids is 3. The zero-order valence-electron chi connectivity index (χ0n) is 13.2. The fourth-order valence-electron chi connectivity index (χ4n) is 2.35. The highest BCUT2D eigenvalue weighted by molar-refractivity contribution is 8.19. The predicted octanol–water partition coefficient (Wildman–Crippen LogP) is 3.59. The van der Waals surface area contributed by atoms with E-state index in [0.717, 1.165) is 16.7 Å². The van der Waals surface area contributed by atoms with E-state index in [9.17, 15) is 19.5 Å². The molecule has 0 aromatic heterocycles. The van der Waals surface area contributed by atoms with Gasteiger partial charge >= 0.3 is 0 Å². The van der Waals surface area contributed by atoms with Gasteiger partial charge in [-0.3, -0.25) is 14.4 Å². The number of amides is 3. The number of benzene rings is 2. The number of phenolic OH excluding ortho intramolecular Hbond substituents is 1. The van der Waals surface area contributed by atoms with Crippen LogP contribution in [0.4, 0.5) is 16.2 Å². The SMILES string of the molecule is CC(=O)Nc1ccc(N2C(=O)S/C(=C\c3cccc(O)c3)C2=O)cc1. The van der Waals surface area contributed by atoms with E-state index in [1.807, 2.05) is 0 Å². The van der Waals surface area contributed by atoms with Crippen molar-refractivity contribution in [2.45, 2.75) is 6.92 Å². The van der Waals surface area contributed by atoms with Gasteiger partial charge in [0.15, 0.2) is 0 Å². The van der Waals surface area contributed by atoms with Crippen molar-refractivity contribution in [2.24, 2.45) is 0 Å². The van der Waals surface area contributed by atoms with Gasteiger partial charge in [0.2, 0.25) is 5.91 Å². The lowest BCUT2D eigenvalue weighted by Gasteiger charge is -2.13. The first-order valence-electron chi connectivity index (χ1n) is 7.39. The fourth-order valence-corrected chi connectivity index (χ4v) is 3.19. The molecule has 1 heterocycles. The molecule has 2 N–H and O–H groups in total. The number of aromatic hydroxyl groups is 1. The van der Waals surface area contributed by atoms with Gasteiger partial charge in [-0.1, -0.05) is 12.1 Å². The normalized spacial score (nSPS) is 15.7. The van der Waals surface area contributed by atoms with Crippen molar-refractivity contribution in [1.29, 1.82) is 0 Å². The molecule has 0 saturated carbocycles. The second kappa shape index (κ2) is 6.82. The molecule has 6 nitrogen and oxygen atoms in total. The number of imide groups is 1. The summed E-state index contributed by atoms with van der Waals surface area (Å²) in [5.74, 6) is -0.542. The van der Waals surface area contributed by atoms with Crippen LogP contribution in [0.15, 0.2) is 53.4 Å². The van der Waals surface area contributed by atoms with Gasteiger partial charge in [0, 0.05) is 12.6 Å². The highest BCUT2D eigenvalue weighted by Gasteiger charge is 2.36. The number of thioether (sulfide) groups is 1. The number of nitrogens with zero attached hydrogens (tertiary/aromatic N) is 1. The van der Waals surface area contributed by atoms with E-state index in [0.29, 0.717) is 16.9 Å². The largest absolute Gasteiger partial charge is 0.508 e. The summed E-state index contributed by atoms with van der Waals surface area (Å²) in [6.45, 7) is 1.40. The number of nitrogens with one attached hydrogen (secondary N) is 1. The Labute approximate surface area is 148 Å². The molecule has 0 spiro atoms. The maximum atomic E-state index is 12.6. The molecular formula is C18H14N2O4S. The molecule has 0 radical (unpaired) electrons. The van der Waals surface area contributed by atoms with Crippen molar-refractivity contribution in [1.82, 2.24) is 0 Å². The molecule has 0 aliphatic carbocycles. The standard InChI is InChI=1S/C18H14N2O4S/c1-11(21)19-13-5-7-14(8-6-13)20-17(23)16(25-18(20)24)10-12-3-2-4-15(22)9-12/h2-10,22H,1H3,(H,19,21)/b16-10-. The summed E-state index contributed by atoms with van der Waals surface area (Å²) in [4.78, 5) is 37.2. The van der Waals surface area contributed by atoms with Crippen molar-refractivity contribution in [3.63, 3.8) is 0 Å². The van der Waals surface area contributed by atoms with E-state index in [4.69, 9.17) is 0 Å². The molecule has 1 aliphatic rings. The molecular weight excluding hydrogens is 340 g/mol. The molecule has 1 fully saturated rings. The van der Waals surface area contributed by atoms with E-state index in [1.165, 1.54) is 19.1 Å². The summed E-state index contributed by atoms with van der Waals surface area (Å²) < 4.78 is 0. The van der Waals surface area contributed by atoms with Crippen LogP contribution in [0.1, 0.15) is 12.5 Å². The van der Waals surface area contributed by atoms with Crippen LogP contribution in [0.2, 0.25) is 0 Å². The average Bonchev–Trinajstić information content (AvgIpc) is 2.82. The van der Waals surface area contributed by atoms with Crippen LogP contribution in [-0.2, 0) is 9.59 Å². The Hall–Kier alpha value is -3.06. The number of hydrogen-bond acceptors (Lipinski definition) is 5. The lowest BCUT2D eigenvalue weighted by molar-refractivity contribution is -0.114. The van der Waals surface area contributed by atoms with E-state index >= 15 is 0 Å². The third-order valence-electron chi connectivity index (χ3n) is 3.41. The molecule has 3 amide bonds. The van der Waals surface area contributed by atoms with Crippen LogP contribution >= 0.6 is 11.8 Å². The summed E-state index contributed by atoms with van der Waals surface area (Å²) in [6.07, 6.45) is 1.57. The quantitative estimate of drug-likeness (QED) is 0.823. The smallest absolute Gasteiger partial charge is 0.298 e. The van der Waals surface area contributed by atoms with Crippen molar-refractivity contribution in [3.05, 3.63) is 59.0 Å². The van der Waals surface area contributed by atoms with Crippen molar-refractivity contribution in [2.75, 3.05) is 10.2 Å². The Bertz CT molecular complexity index is 890. The highest BCUT2D eigenvalue weighted by Crippen LogP contribution is 2.36. The van der Waals surface area contributed by atoms with Gasteiger partial charge in [-0.2, -0.15) is 0 Å². The number of phenols is 1. The third kappa shape index (κ3) is 3.72. The van der Waals surface area contributed by atoms with E-state index < -0.39 is 11.1 Å². The second-order valence-electron chi connectivity index (χ2n) is 5.34. The minimum Gasteiger partial charge on any atom is -0.508 e. The van der Waals surface area contributed by atoms with Crippen LogP contribution in [0.3, 0.4) is 0 Å². The minimum atomic E-state index is -0.425. The Balaban J connectivity index is 1.85. The lowest BCUT2D eigenvalue weighted by atomic mass is 10.2. The summed E-state index contributed by atoms with van der Waals surface area (Å²) in [5.41, 5.74) is 1.64. The predicted molar refractivity (Wildman–Crippen MR) is 97.3 cm³/mol. The number of rotatable bonds is 3. The maximum Gasteiger partial charge on any atom is 0.298 e.